The van der Waals surface area contributed by atoms with Gasteiger partial charge in [-0.1, -0.05) is 23.7 Å². The summed E-state index contributed by atoms with van der Waals surface area (Å²) in [5, 5.41) is 5.04. The Morgan fingerprint density at radius 2 is 1.74 bits per heavy atom. The fourth-order valence-electron chi connectivity index (χ4n) is 1.92. The summed E-state index contributed by atoms with van der Waals surface area (Å²) in [6, 6.07) is 7.41. The predicted molar refractivity (Wildman–Crippen MR) is 77.6 cm³/mol. The second-order valence-corrected chi connectivity index (χ2v) is 7.88. The fraction of sp³-hybridized carbons (Fsp3) is 0.417. The van der Waals surface area contributed by atoms with Crippen molar-refractivity contribution in [2.45, 2.75) is 0 Å². The van der Waals surface area contributed by atoms with E-state index in [1.54, 1.807) is 18.0 Å². The molecule has 0 N–H and O–H groups in total. The maximum atomic E-state index is 13.0. The normalized spacial score (nSPS) is 19.9. The summed E-state index contributed by atoms with van der Waals surface area (Å²) in [5.74, 6) is 0. The van der Waals surface area contributed by atoms with Gasteiger partial charge in [0.05, 0.1) is 6.21 Å². The van der Waals surface area contributed by atoms with Gasteiger partial charge < -0.3 is 0 Å². The first-order valence-electron chi connectivity index (χ1n) is 6.25. The van der Waals surface area contributed by atoms with Crippen molar-refractivity contribution < 1.29 is 4.57 Å². The summed E-state index contributed by atoms with van der Waals surface area (Å²) < 4.78 is 18.5. The Kier molecular flexibility index (Phi) is 3.39. The van der Waals surface area contributed by atoms with Crippen LogP contribution in [0.1, 0.15) is 5.56 Å². The molecule has 2 saturated heterocycles. The Morgan fingerprint density at radius 3 is 2.21 bits per heavy atom. The van der Waals surface area contributed by atoms with Crippen molar-refractivity contribution in [1.82, 2.24) is 14.1 Å². The van der Waals surface area contributed by atoms with Crippen LogP contribution < -0.4 is 0 Å². The summed E-state index contributed by atoms with van der Waals surface area (Å²) in [4.78, 5) is 0. The van der Waals surface area contributed by atoms with Crippen LogP contribution >= 0.6 is 19.2 Å². The van der Waals surface area contributed by atoms with Crippen LogP contribution in [0.3, 0.4) is 0 Å². The van der Waals surface area contributed by atoms with Crippen LogP contribution in [0.15, 0.2) is 29.4 Å². The van der Waals surface area contributed by atoms with Gasteiger partial charge in [-0.3, -0.25) is 4.57 Å². The van der Waals surface area contributed by atoms with E-state index in [1.807, 2.05) is 33.6 Å². The van der Waals surface area contributed by atoms with E-state index in [-0.39, 0.29) is 0 Å². The Balaban J connectivity index is 1.74. The van der Waals surface area contributed by atoms with E-state index >= 15 is 0 Å². The highest BCUT2D eigenvalue weighted by molar-refractivity contribution is 7.57. The highest BCUT2D eigenvalue weighted by Crippen LogP contribution is 2.62. The average molecular weight is 299 g/mol. The molecule has 0 aromatic heterocycles. The number of nitrogens with zero attached hydrogens (tertiary/aromatic N) is 4. The van der Waals surface area contributed by atoms with Crippen molar-refractivity contribution in [1.29, 1.82) is 0 Å². The van der Waals surface area contributed by atoms with Gasteiger partial charge in [0, 0.05) is 38.2 Å². The molecule has 0 saturated carbocycles. The van der Waals surface area contributed by atoms with Gasteiger partial charge in [0.2, 0.25) is 0 Å². The minimum absolute atomic E-state index is 0.698. The third-order valence-electron chi connectivity index (χ3n) is 3.21. The molecule has 102 valence electrons. The van der Waals surface area contributed by atoms with Crippen LogP contribution in [-0.2, 0) is 4.57 Å². The standard InChI is InChI=1S/C12H16ClN4OP/c1-15(14-10-11-2-4-12(13)5-3-11)19(18,16-6-7-16)17-8-9-17/h2-5,10H,6-9H2,1H3. The summed E-state index contributed by atoms with van der Waals surface area (Å²) in [6.45, 7) is 3.59. The van der Waals surface area contributed by atoms with Crippen molar-refractivity contribution >= 4 is 25.4 Å². The summed E-state index contributed by atoms with van der Waals surface area (Å²) >= 11 is 5.83. The van der Waals surface area contributed by atoms with Gasteiger partial charge in [-0.25, -0.2) is 14.1 Å². The minimum atomic E-state index is -2.60. The third kappa shape index (κ3) is 2.70. The number of hydrazone groups is 1. The Morgan fingerprint density at radius 1 is 1.21 bits per heavy atom. The molecule has 19 heavy (non-hydrogen) atoms. The van der Waals surface area contributed by atoms with Crippen LogP contribution in [-0.4, -0.2) is 53.6 Å². The zero-order valence-electron chi connectivity index (χ0n) is 10.7. The second-order valence-electron chi connectivity index (χ2n) is 4.71. The van der Waals surface area contributed by atoms with E-state index in [0.29, 0.717) is 5.02 Å². The summed E-state index contributed by atoms with van der Waals surface area (Å²) in [6.07, 6.45) is 1.72. The molecule has 0 unspecified atom stereocenters. The van der Waals surface area contributed by atoms with E-state index in [9.17, 15) is 4.57 Å². The number of halogens is 1. The second kappa shape index (κ2) is 4.91. The molecule has 2 heterocycles. The molecule has 3 rings (SSSR count). The lowest BCUT2D eigenvalue weighted by molar-refractivity contribution is 0.422. The van der Waals surface area contributed by atoms with E-state index in [2.05, 4.69) is 5.10 Å². The largest absolute Gasteiger partial charge is 0.326 e. The molecule has 2 fully saturated rings. The first-order chi connectivity index (χ1) is 9.10. The predicted octanol–water partition coefficient (Wildman–Crippen LogP) is 2.35. The first kappa shape index (κ1) is 13.1. The topological polar surface area (TPSA) is 38.7 Å². The van der Waals surface area contributed by atoms with Gasteiger partial charge in [-0.15, -0.1) is 0 Å². The summed E-state index contributed by atoms with van der Waals surface area (Å²) in [7, 11) is -0.821. The molecule has 2 aliphatic rings. The smallest absolute Gasteiger partial charge is 0.262 e. The molecule has 1 aromatic carbocycles. The minimum Gasteiger partial charge on any atom is -0.262 e. The maximum absolute atomic E-state index is 13.0. The lowest BCUT2D eigenvalue weighted by Gasteiger charge is -2.27. The molecule has 0 bridgehead atoms. The van der Waals surface area contributed by atoms with Gasteiger partial charge in [0.1, 0.15) is 0 Å². The molecule has 7 heteroatoms. The SMILES string of the molecule is CN(N=Cc1ccc(Cl)cc1)P(=O)(N1CC1)N1CC1. The van der Waals surface area contributed by atoms with E-state index in [4.69, 9.17) is 11.6 Å². The number of hydrogen-bond donors (Lipinski definition) is 0. The molecule has 1 aromatic rings. The Hall–Kier alpha value is -0.870. The highest BCUT2D eigenvalue weighted by Gasteiger charge is 2.50. The molecular formula is C12H16ClN4OP. The van der Waals surface area contributed by atoms with Crippen LogP contribution in [0.5, 0.6) is 0 Å². The van der Waals surface area contributed by atoms with E-state index in [1.165, 1.54) is 0 Å². The lowest BCUT2D eigenvalue weighted by atomic mass is 10.2. The van der Waals surface area contributed by atoms with Crippen LogP contribution in [0.4, 0.5) is 0 Å². The van der Waals surface area contributed by atoms with Crippen molar-refractivity contribution in [2.75, 3.05) is 33.2 Å². The summed E-state index contributed by atoms with van der Waals surface area (Å²) in [5.41, 5.74) is 0.944. The van der Waals surface area contributed by atoms with Gasteiger partial charge >= 0.3 is 7.59 Å². The first-order valence-corrected chi connectivity index (χ1v) is 8.20. The molecule has 0 amide bonds. The Labute approximate surface area is 118 Å². The van der Waals surface area contributed by atoms with Gasteiger partial charge in [-0.05, 0) is 17.7 Å². The molecule has 0 spiro atoms. The Bertz CT molecular complexity index is 523. The van der Waals surface area contributed by atoms with E-state index < -0.39 is 7.59 Å². The van der Waals surface area contributed by atoms with Gasteiger partial charge in [0.15, 0.2) is 0 Å². The molecule has 2 aliphatic heterocycles. The van der Waals surface area contributed by atoms with Crippen molar-refractivity contribution in [3.8, 4) is 0 Å². The van der Waals surface area contributed by atoms with Crippen LogP contribution in [0, 0.1) is 0 Å². The van der Waals surface area contributed by atoms with Crippen LogP contribution in [0.25, 0.3) is 0 Å². The number of benzene rings is 1. The molecule has 0 radical (unpaired) electrons. The van der Waals surface area contributed by atoms with E-state index in [0.717, 1.165) is 31.7 Å². The number of rotatable bonds is 5. The highest BCUT2D eigenvalue weighted by atomic mass is 35.5. The van der Waals surface area contributed by atoms with Gasteiger partial charge in [-0.2, -0.15) is 5.10 Å². The van der Waals surface area contributed by atoms with Crippen LogP contribution in [0.2, 0.25) is 5.02 Å². The molecule has 5 nitrogen and oxygen atoms in total. The van der Waals surface area contributed by atoms with Crippen molar-refractivity contribution in [2.24, 2.45) is 5.10 Å². The monoisotopic (exact) mass is 298 g/mol. The average Bonchev–Trinajstić information content (AvgIpc) is 3.29. The molecule has 0 atom stereocenters. The third-order valence-corrected chi connectivity index (χ3v) is 6.59. The van der Waals surface area contributed by atoms with Gasteiger partial charge in [0.25, 0.3) is 0 Å². The maximum Gasteiger partial charge on any atom is 0.326 e. The lowest BCUT2D eigenvalue weighted by Crippen LogP contribution is -2.19. The molecular weight excluding hydrogens is 283 g/mol. The molecule has 0 aliphatic carbocycles. The fourth-order valence-corrected chi connectivity index (χ4v) is 4.55. The van der Waals surface area contributed by atoms with Crippen molar-refractivity contribution in [3.05, 3.63) is 34.9 Å². The van der Waals surface area contributed by atoms with Crippen molar-refractivity contribution in [3.63, 3.8) is 0 Å². The zero-order valence-corrected chi connectivity index (χ0v) is 12.4. The zero-order chi connectivity index (χ0) is 13.5. The number of hydrogen-bond acceptors (Lipinski definition) is 2. The quantitative estimate of drug-likeness (QED) is 0.362.